The van der Waals surface area contributed by atoms with Gasteiger partial charge in [-0.1, -0.05) is 25.4 Å². The average Bonchev–Trinajstić information content (AvgIpc) is 3.36. The topological polar surface area (TPSA) is 84.7 Å². The molecule has 1 atom stereocenters. The second-order valence-corrected chi connectivity index (χ2v) is 8.51. The summed E-state index contributed by atoms with van der Waals surface area (Å²) in [6.45, 7) is 5.53. The summed E-state index contributed by atoms with van der Waals surface area (Å²) in [7, 11) is 1.67. The number of aromatic nitrogens is 4. The fourth-order valence-corrected chi connectivity index (χ4v) is 3.95. The van der Waals surface area contributed by atoms with Crippen molar-refractivity contribution in [2.24, 2.45) is 5.92 Å². The van der Waals surface area contributed by atoms with Crippen molar-refractivity contribution < 1.29 is 4.79 Å². The highest BCUT2D eigenvalue weighted by Crippen LogP contribution is 2.22. The van der Waals surface area contributed by atoms with Gasteiger partial charge in [0.25, 0.3) is 0 Å². The number of hydrogen-bond acceptors (Lipinski definition) is 6. The van der Waals surface area contributed by atoms with Crippen molar-refractivity contribution in [2.45, 2.75) is 39.7 Å². The number of carbonyl (C=O) groups excluding carboxylic acids is 1. The lowest BCUT2D eigenvalue weighted by atomic mass is 10.0. The number of imidazole rings is 1. The van der Waals surface area contributed by atoms with Crippen LogP contribution < -0.4 is 10.6 Å². The third-order valence-corrected chi connectivity index (χ3v) is 5.85. The zero-order chi connectivity index (χ0) is 21.5. The Hall–Kier alpha value is -2.63. The first kappa shape index (κ1) is 22.1. The standard InChI is InChI=1S/C21H25ClN6OS/c1-4-11-24-19-18-20(27-17(26-19)9-7-15-6-8-16(22)30-15)28(13-25-18)12-10-14(5-2)21(29)23-3/h6,8,13-14H,4-5,10-12H2,1-3H3,(H,23,29)(H,24,26,27). The van der Waals surface area contributed by atoms with Gasteiger partial charge in [-0.25, -0.2) is 15.0 Å². The maximum absolute atomic E-state index is 12.0. The first-order valence-corrected chi connectivity index (χ1v) is 11.2. The van der Waals surface area contributed by atoms with Crippen molar-refractivity contribution >= 4 is 45.8 Å². The van der Waals surface area contributed by atoms with E-state index in [1.54, 1.807) is 13.4 Å². The number of amides is 1. The Morgan fingerprint density at radius 3 is 2.80 bits per heavy atom. The van der Waals surface area contributed by atoms with Crippen LogP contribution in [0.5, 0.6) is 0 Å². The lowest BCUT2D eigenvalue weighted by Gasteiger charge is -2.13. The van der Waals surface area contributed by atoms with E-state index in [4.69, 9.17) is 11.6 Å². The van der Waals surface area contributed by atoms with Crippen molar-refractivity contribution in [1.29, 1.82) is 0 Å². The summed E-state index contributed by atoms with van der Waals surface area (Å²) < 4.78 is 2.66. The van der Waals surface area contributed by atoms with Crippen LogP contribution in [0.2, 0.25) is 4.34 Å². The normalized spacial score (nSPS) is 11.7. The predicted octanol–water partition coefficient (Wildman–Crippen LogP) is 3.93. The zero-order valence-corrected chi connectivity index (χ0v) is 18.9. The molecule has 0 aromatic carbocycles. The van der Waals surface area contributed by atoms with Crippen LogP contribution >= 0.6 is 22.9 Å². The minimum atomic E-state index is -0.0465. The Bertz CT molecular complexity index is 1080. The number of halogens is 1. The molecule has 0 saturated heterocycles. The van der Waals surface area contributed by atoms with Crippen LogP contribution in [0.4, 0.5) is 5.82 Å². The van der Waals surface area contributed by atoms with Gasteiger partial charge < -0.3 is 15.2 Å². The van der Waals surface area contributed by atoms with Crippen LogP contribution in [0.1, 0.15) is 43.8 Å². The number of aryl methyl sites for hydroxylation is 1. The Balaban J connectivity index is 1.93. The monoisotopic (exact) mass is 444 g/mol. The predicted molar refractivity (Wildman–Crippen MR) is 122 cm³/mol. The molecule has 0 bridgehead atoms. The number of thiophene rings is 1. The molecule has 1 unspecified atom stereocenters. The summed E-state index contributed by atoms with van der Waals surface area (Å²) in [5, 5.41) is 6.05. The molecule has 1 amide bonds. The largest absolute Gasteiger partial charge is 0.368 e. The molecule has 7 nitrogen and oxygen atoms in total. The second kappa shape index (κ2) is 10.4. The van der Waals surface area contributed by atoms with Crippen molar-refractivity contribution in [3.8, 4) is 11.8 Å². The van der Waals surface area contributed by atoms with Crippen molar-refractivity contribution in [2.75, 3.05) is 18.9 Å². The molecule has 158 valence electrons. The van der Waals surface area contributed by atoms with Gasteiger partial charge in [0.1, 0.15) is 0 Å². The third kappa shape index (κ3) is 5.29. The van der Waals surface area contributed by atoms with Crippen LogP contribution in [0.25, 0.3) is 11.2 Å². The fraction of sp³-hybridized carbons (Fsp3) is 0.429. The van der Waals surface area contributed by atoms with E-state index >= 15 is 0 Å². The maximum atomic E-state index is 12.0. The third-order valence-electron chi connectivity index (χ3n) is 4.71. The molecule has 2 N–H and O–H groups in total. The summed E-state index contributed by atoms with van der Waals surface area (Å²) in [6, 6.07) is 3.70. The molecule has 30 heavy (non-hydrogen) atoms. The van der Waals surface area contributed by atoms with Crippen molar-refractivity contribution in [3.63, 3.8) is 0 Å². The quantitative estimate of drug-likeness (QED) is 0.514. The molecule has 0 aliphatic carbocycles. The first-order valence-electron chi connectivity index (χ1n) is 10.0. The first-order chi connectivity index (χ1) is 14.5. The Kier molecular flexibility index (Phi) is 7.66. The zero-order valence-electron chi connectivity index (χ0n) is 17.3. The summed E-state index contributed by atoms with van der Waals surface area (Å²) in [5.41, 5.74) is 1.42. The molecule has 0 aliphatic rings. The minimum absolute atomic E-state index is 0.0465. The second-order valence-electron chi connectivity index (χ2n) is 6.79. The molecule has 0 spiro atoms. The molecule has 3 rings (SSSR count). The lowest BCUT2D eigenvalue weighted by Crippen LogP contribution is -2.27. The highest BCUT2D eigenvalue weighted by atomic mass is 35.5. The van der Waals surface area contributed by atoms with E-state index in [2.05, 4.69) is 44.4 Å². The van der Waals surface area contributed by atoms with E-state index in [9.17, 15) is 4.79 Å². The van der Waals surface area contributed by atoms with Gasteiger partial charge >= 0.3 is 0 Å². The maximum Gasteiger partial charge on any atom is 0.222 e. The highest BCUT2D eigenvalue weighted by Gasteiger charge is 2.17. The summed E-state index contributed by atoms with van der Waals surface area (Å²) >= 11 is 7.40. The molecule has 3 aromatic rings. The van der Waals surface area contributed by atoms with Gasteiger partial charge in [-0.2, -0.15) is 0 Å². The Morgan fingerprint density at radius 1 is 1.30 bits per heavy atom. The van der Waals surface area contributed by atoms with Crippen LogP contribution in [0, 0.1) is 17.8 Å². The molecule has 0 aliphatic heterocycles. The number of hydrogen-bond donors (Lipinski definition) is 2. The van der Waals surface area contributed by atoms with E-state index < -0.39 is 0 Å². The summed E-state index contributed by atoms with van der Waals surface area (Å²) in [6.07, 6.45) is 4.21. The SMILES string of the molecule is CCCNc1nc(C#Cc2ccc(Cl)s2)nc2c1ncn2CCC(CC)C(=O)NC. The average molecular weight is 445 g/mol. The number of rotatable bonds is 8. The van der Waals surface area contributed by atoms with Gasteiger partial charge in [-0.3, -0.25) is 4.79 Å². The molecule has 3 heterocycles. The lowest BCUT2D eigenvalue weighted by molar-refractivity contribution is -0.124. The van der Waals surface area contributed by atoms with Crippen LogP contribution in [-0.4, -0.2) is 39.0 Å². The Morgan fingerprint density at radius 2 is 2.13 bits per heavy atom. The van der Waals surface area contributed by atoms with Gasteiger partial charge in [0.2, 0.25) is 11.7 Å². The van der Waals surface area contributed by atoms with Gasteiger partial charge in [0, 0.05) is 26.1 Å². The molecule has 0 saturated carbocycles. The van der Waals surface area contributed by atoms with E-state index in [1.807, 2.05) is 23.6 Å². The molecule has 0 fully saturated rings. The number of anilines is 1. The van der Waals surface area contributed by atoms with E-state index in [-0.39, 0.29) is 11.8 Å². The van der Waals surface area contributed by atoms with Gasteiger partial charge in [-0.15, -0.1) is 11.3 Å². The van der Waals surface area contributed by atoms with Crippen LogP contribution in [0.3, 0.4) is 0 Å². The molecule has 0 radical (unpaired) electrons. The van der Waals surface area contributed by atoms with Crippen molar-refractivity contribution in [1.82, 2.24) is 24.8 Å². The Labute approximate surface area is 185 Å². The van der Waals surface area contributed by atoms with E-state index in [0.717, 1.165) is 24.3 Å². The summed E-state index contributed by atoms with van der Waals surface area (Å²) in [5.74, 6) is 7.22. The highest BCUT2D eigenvalue weighted by molar-refractivity contribution is 7.16. The molecular formula is C21H25ClN6OS. The number of nitrogens with zero attached hydrogens (tertiary/aromatic N) is 4. The summed E-state index contributed by atoms with van der Waals surface area (Å²) in [4.78, 5) is 26.6. The van der Waals surface area contributed by atoms with Gasteiger partial charge in [0.15, 0.2) is 17.0 Å². The van der Waals surface area contributed by atoms with Gasteiger partial charge in [-0.05, 0) is 43.2 Å². The number of carbonyl (C=O) groups is 1. The van der Waals surface area contributed by atoms with E-state index in [1.165, 1.54) is 11.3 Å². The number of nitrogens with one attached hydrogen (secondary N) is 2. The molecule has 9 heteroatoms. The smallest absolute Gasteiger partial charge is 0.222 e. The van der Waals surface area contributed by atoms with Crippen LogP contribution in [-0.2, 0) is 11.3 Å². The molecule has 3 aromatic heterocycles. The minimum Gasteiger partial charge on any atom is -0.368 e. The molecular weight excluding hydrogens is 420 g/mol. The van der Waals surface area contributed by atoms with Crippen molar-refractivity contribution in [3.05, 3.63) is 33.5 Å². The van der Waals surface area contributed by atoms with Gasteiger partial charge in [0.05, 0.1) is 15.5 Å². The number of fused-ring (bicyclic) bond motifs is 1. The fourth-order valence-electron chi connectivity index (χ4n) is 3.05. The van der Waals surface area contributed by atoms with Crippen LogP contribution in [0.15, 0.2) is 18.5 Å². The van der Waals surface area contributed by atoms with E-state index in [0.29, 0.717) is 40.1 Å².